The van der Waals surface area contributed by atoms with Gasteiger partial charge in [-0.15, -0.1) is 18.3 Å². The van der Waals surface area contributed by atoms with Crippen LogP contribution in [0.5, 0.6) is 0 Å². The Morgan fingerprint density at radius 3 is 2.72 bits per heavy atom. The SMILES string of the molecule is C=CCCC(CSc1ccc(Cl)cc1)NCCC. The fourth-order valence-corrected chi connectivity index (χ4v) is 2.77. The lowest BCUT2D eigenvalue weighted by atomic mass is 10.2. The highest BCUT2D eigenvalue weighted by Crippen LogP contribution is 2.22. The summed E-state index contributed by atoms with van der Waals surface area (Å²) in [5.41, 5.74) is 0. The van der Waals surface area contributed by atoms with Crippen LogP contribution in [-0.4, -0.2) is 18.3 Å². The number of nitrogens with one attached hydrogen (secondary N) is 1. The average Bonchev–Trinajstić information content (AvgIpc) is 2.40. The molecule has 0 aliphatic heterocycles. The fraction of sp³-hybridized carbons (Fsp3) is 0.467. The van der Waals surface area contributed by atoms with Crippen molar-refractivity contribution in [2.24, 2.45) is 0 Å². The summed E-state index contributed by atoms with van der Waals surface area (Å²) >= 11 is 7.76. The molecule has 0 amide bonds. The molecule has 0 spiro atoms. The Bertz CT molecular complexity index is 337. The van der Waals surface area contributed by atoms with Crippen molar-refractivity contribution in [3.8, 4) is 0 Å². The highest BCUT2D eigenvalue weighted by Gasteiger charge is 2.07. The van der Waals surface area contributed by atoms with Gasteiger partial charge in [-0.1, -0.05) is 24.6 Å². The maximum Gasteiger partial charge on any atom is 0.0406 e. The lowest BCUT2D eigenvalue weighted by Crippen LogP contribution is -2.31. The molecule has 0 aromatic heterocycles. The second kappa shape index (κ2) is 9.48. The van der Waals surface area contributed by atoms with E-state index in [1.807, 2.05) is 30.0 Å². The molecule has 3 heteroatoms. The van der Waals surface area contributed by atoms with Crippen LogP contribution in [0.3, 0.4) is 0 Å². The fourth-order valence-electron chi connectivity index (χ4n) is 1.64. The van der Waals surface area contributed by atoms with E-state index in [0.717, 1.165) is 30.2 Å². The number of allylic oxidation sites excluding steroid dienone is 1. The average molecular weight is 284 g/mol. The number of benzene rings is 1. The first kappa shape index (κ1) is 15.6. The summed E-state index contributed by atoms with van der Waals surface area (Å²) in [4.78, 5) is 1.28. The van der Waals surface area contributed by atoms with Gasteiger partial charge in [0.05, 0.1) is 0 Å². The first-order chi connectivity index (χ1) is 8.76. The molecule has 1 rings (SSSR count). The number of halogens is 1. The Kier molecular flexibility index (Phi) is 8.23. The van der Waals surface area contributed by atoms with Gasteiger partial charge in [-0.2, -0.15) is 0 Å². The van der Waals surface area contributed by atoms with Crippen molar-refractivity contribution in [3.05, 3.63) is 41.9 Å². The zero-order valence-electron chi connectivity index (χ0n) is 11.0. The molecule has 18 heavy (non-hydrogen) atoms. The molecular formula is C15H22ClNS. The highest BCUT2D eigenvalue weighted by atomic mass is 35.5. The van der Waals surface area contributed by atoms with Crippen LogP contribution >= 0.6 is 23.4 Å². The predicted octanol–water partition coefficient (Wildman–Crippen LogP) is 4.77. The Hall–Kier alpha value is -0.440. The number of hydrogen-bond acceptors (Lipinski definition) is 2. The molecule has 0 aliphatic rings. The van der Waals surface area contributed by atoms with Gasteiger partial charge in [0, 0.05) is 21.7 Å². The van der Waals surface area contributed by atoms with Gasteiger partial charge in [-0.25, -0.2) is 0 Å². The van der Waals surface area contributed by atoms with Crippen molar-refractivity contribution in [3.63, 3.8) is 0 Å². The Morgan fingerprint density at radius 2 is 2.11 bits per heavy atom. The van der Waals surface area contributed by atoms with E-state index in [4.69, 9.17) is 11.6 Å². The standard InChI is InChI=1S/C15H22ClNS/c1-3-5-6-14(17-11-4-2)12-18-15-9-7-13(16)8-10-15/h3,7-10,14,17H,1,4-6,11-12H2,2H3. The first-order valence-electron chi connectivity index (χ1n) is 6.49. The zero-order valence-corrected chi connectivity index (χ0v) is 12.6. The van der Waals surface area contributed by atoms with E-state index in [0.29, 0.717) is 6.04 Å². The van der Waals surface area contributed by atoms with Crippen molar-refractivity contribution < 1.29 is 0 Å². The lowest BCUT2D eigenvalue weighted by molar-refractivity contribution is 0.524. The molecule has 1 atom stereocenters. The molecule has 1 nitrogen and oxygen atoms in total. The maximum absolute atomic E-state index is 5.88. The first-order valence-corrected chi connectivity index (χ1v) is 7.85. The molecule has 1 N–H and O–H groups in total. The van der Waals surface area contributed by atoms with E-state index in [2.05, 4.69) is 31.0 Å². The minimum Gasteiger partial charge on any atom is -0.313 e. The summed E-state index contributed by atoms with van der Waals surface area (Å²) in [6.07, 6.45) is 5.40. The zero-order chi connectivity index (χ0) is 13.2. The maximum atomic E-state index is 5.88. The molecule has 1 unspecified atom stereocenters. The second-order valence-electron chi connectivity index (χ2n) is 4.28. The molecule has 0 fully saturated rings. The van der Waals surface area contributed by atoms with Gasteiger partial charge in [-0.3, -0.25) is 0 Å². The largest absolute Gasteiger partial charge is 0.313 e. The third kappa shape index (κ3) is 6.48. The molecule has 0 heterocycles. The third-order valence-electron chi connectivity index (χ3n) is 2.67. The van der Waals surface area contributed by atoms with E-state index >= 15 is 0 Å². The van der Waals surface area contributed by atoms with Gasteiger partial charge in [0.25, 0.3) is 0 Å². The summed E-state index contributed by atoms with van der Waals surface area (Å²) < 4.78 is 0. The van der Waals surface area contributed by atoms with Gasteiger partial charge in [0.2, 0.25) is 0 Å². The number of thioether (sulfide) groups is 1. The molecule has 0 aliphatic carbocycles. The number of hydrogen-bond donors (Lipinski definition) is 1. The monoisotopic (exact) mass is 283 g/mol. The van der Waals surface area contributed by atoms with Crippen molar-refractivity contribution in [1.82, 2.24) is 5.32 Å². The van der Waals surface area contributed by atoms with Crippen LogP contribution in [0, 0.1) is 0 Å². The molecular weight excluding hydrogens is 262 g/mol. The smallest absolute Gasteiger partial charge is 0.0406 e. The van der Waals surface area contributed by atoms with Crippen LogP contribution in [0.4, 0.5) is 0 Å². The highest BCUT2D eigenvalue weighted by molar-refractivity contribution is 7.99. The third-order valence-corrected chi connectivity index (χ3v) is 4.09. The number of rotatable bonds is 9. The van der Waals surface area contributed by atoms with Crippen LogP contribution in [0.2, 0.25) is 5.02 Å². The van der Waals surface area contributed by atoms with Crippen LogP contribution in [0.1, 0.15) is 26.2 Å². The molecule has 100 valence electrons. The Morgan fingerprint density at radius 1 is 1.39 bits per heavy atom. The molecule has 0 radical (unpaired) electrons. The summed E-state index contributed by atoms with van der Waals surface area (Å²) in [7, 11) is 0. The van der Waals surface area contributed by atoms with Crippen molar-refractivity contribution in [2.45, 2.75) is 37.1 Å². The van der Waals surface area contributed by atoms with Crippen LogP contribution in [0.15, 0.2) is 41.8 Å². The van der Waals surface area contributed by atoms with Crippen LogP contribution < -0.4 is 5.32 Å². The minimum absolute atomic E-state index is 0.559. The second-order valence-corrected chi connectivity index (χ2v) is 5.81. The van der Waals surface area contributed by atoms with Gasteiger partial charge in [-0.05, 0) is 50.1 Å². The molecule has 0 saturated carbocycles. The summed E-state index contributed by atoms with van der Waals surface area (Å²) in [6, 6.07) is 8.61. The van der Waals surface area contributed by atoms with Gasteiger partial charge < -0.3 is 5.32 Å². The van der Waals surface area contributed by atoms with Gasteiger partial charge in [0.1, 0.15) is 0 Å². The van der Waals surface area contributed by atoms with E-state index in [9.17, 15) is 0 Å². The topological polar surface area (TPSA) is 12.0 Å². The summed E-state index contributed by atoms with van der Waals surface area (Å²) in [6.45, 7) is 7.08. The van der Waals surface area contributed by atoms with Gasteiger partial charge >= 0.3 is 0 Å². The van der Waals surface area contributed by atoms with E-state index < -0.39 is 0 Å². The molecule has 1 aromatic carbocycles. The van der Waals surface area contributed by atoms with Crippen molar-refractivity contribution in [1.29, 1.82) is 0 Å². The molecule has 0 saturated heterocycles. The van der Waals surface area contributed by atoms with Crippen molar-refractivity contribution in [2.75, 3.05) is 12.3 Å². The Labute approximate surface area is 120 Å². The summed E-state index contributed by atoms with van der Waals surface area (Å²) in [5, 5.41) is 4.39. The molecule has 1 aromatic rings. The van der Waals surface area contributed by atoms with Crippen molar-refractivity contribution >= 4 is 23.4 Å². The lowest BCUT2D eigenvalue weighted by Gasteiger charge is -2.17. The van der Waals surface area contributed by atoms with E-state index in [1.54, 1.807) is 0 Å². The quantitative estimate of drug-likeness (QED) is 0.518. The minimum atomic E-state index is 0.559. The Balaban J connectivity index is 2.39. The van der Waals surface area contributed by atoms with Crippen LogP contribution in [-0.2, 0) is 0 Å². The van der Waals surface area contributed by atoms with Crippen LogP contribution in [0.25, 0.3) is 0 Å². The summed E-state index contributed by atoms with van der Waals surface area (Å²) in [5.74, 6) is 1.09. The normalized spacial score (nSPS) is 12.3. The van der Waals surface area contributed by atoms with E-state index in [1.165, 1.54) is 11.3 Å². The van der Waals surface area contributed by atoms with E-state index in [-0.39, 0.29) is 0 Å². The van der Waals surface area contributed by atoms with Gasteiger partial charge in [0.15, 0.2) is 0 Å². The molecule has 0 bridgehead atoms. The predicted molar refractivity (Wildman–Crippen MR) is 83.7 cm³/mol.